The van der Waals surface area contributed by atoms with Crippen LogP contribution in [0.4, 0.5) is 0 Å². The highest BCUT2D eigenvalue weighted by atomic mass is 16.5. The third-order valence-corrected chi connectivity index (χ3v) is 4.60. The second-order valence-electron chi connectivity index (χ2n) is 6.73. The highest BCUT2D eigenvalue weighted by Gasteiger charge is 2.27. The summed E-state index contributed by atoms with van der Waals surface area (Å²) in [5.41, 5.74) is 11.7. The number of ether oxygens (including phenoxy) is 1. The summed E-state index contributed by atoms with van der Waals surface area (Å²) in [6.07, 6.45) is 12.8. The average Bonchev–Trinajstić information content (AvgIpc) is 2.46. The molecule has 0 radical (unpaired) electrons. The summed E-state index contributed by atoms with van der Waals surface area (Å²) in [4.78, 5) is 0. The van der Waals surface area contributed by atoms with Crippen molar-refractivity contribution in [1.29, 1.82) is 0 Å². The van der Waals surface area contributed by atoms with Gasteiger partial charge in [0.25, 0.3) is 0 Å². The van der Waals surface area contributed by atoms with Crippen molar-refractivity contribution in [3.8, 4) is 0 Å². The Labute approximate surface area is 133 Å². The molecule has 0 aromatic rings. The number of rotatable bonds is 15. The van der Waals surface area contributed by atoms with Crippen molar-refractivity contribution < 1.29 is 4.74 Å². The molecule has 0 bridgehead atoms. The van der Waals surface area contributed by atoms with Gasteiger partial charge in [-0.1, -0.05) is 52.4 Å². The zero-order valence-corrected chi connectivity index (χ0v) is 14.8. The highest BCUT2D eigenvalue weighted by molar-refractivity contribution is 4.78. The summed E-state index contributed by atoms with van der Waals surface area (Å²) in [6.45, 7) is 8.90. The molecule has 0 heterocycles. The first-order chi connectivity index (χ1) is 10.1. The van der Waals surface area contributed by atoms with Crippen molar-refractivity contribution in [3.63, 3.8) is 0 Å². The summed E-state index contributed by atoms with van der Waals surface area (Å²) in [6, 6.07) is 0.346. The van der Waals surface area contributed by atoms with E-state index in [0.717, 1.165) is 13.0 Å². The van der Waals surface area contributed by atoms with Crippen molar-refractivity contribution in [2.24, 2.45) is 16.9 Å². The van der Waals surface area contributed by atoms with E-state index in [4.69, 9.17) is 16.2 Å². The third-order valence-electron chi connectivity index (χ3n) is 4.60. The van der Waals surface area contributed by atoms with E-state index >= 15 is 0 Å². The molecule has 0 saturated heterocycles. The van der Waals surface area contributed by atoms with Crippen LogP contribution in [-0.2, 0) is 4.74 Å². The van der Waals surface area contributed by atoms with Crippen LogP contribution < -0.4 is 11.5 Å². The third kappa shape index (κ3) is 11.1. The molecular weight excluding hydrogens is 260 g/mol. The number of nitrogens with two attached hydrogens (primary N) is 2. The van der Waals surface area contributed by atoms with Gasteiger partial charge in [-0.05, 0) is 38.0 Å². The Kier molecular flexibility index (Phi) is 13.5. The summed E-state index contributed by atoms with van der Waals surface area (Å²) in [5, 5.41) is 0. The van der Waals surface area contributed by atoms with Crippen molar-refractivity contribution >= 4 is 0 Å². The molecule has 2 unspecified atom stereocenters. The molecule has 128 valence electrons. The van der Waals surface area contributed by atoms with Crippen LogP contribution in [0.1, 0.15) is 85.0 Å². The molecule has 0 fully saturated rings. The summed E-state index contributed by atoms with van der Waals surface area (Å²) in [7, 11) is 0. The predicted molar refractivity (Wildman–Crippen MR) is 93.5 cm³/mol. The van der Waals surface area contributed by atoms with Gasteiger partial charge in [0.05, 0.1) is 13.2 Å². The number of hydrogen-bond acceptors (Lipinski definition) is 3. The van der Waals surface area contributed by atoms with Gasteiger partial charge in [0.2, 0.25) is 0 Å². The van der Waals surface area contributed by atoms with E-state index in [1.54, 1.807) is 0 Å². The standard InChI is InChI=1S/C18H40N2O/c1-4-6-9-12-18(5-2,16-21-15-14-19)13-10-7-8-11-17(3)20/h17H,4-16,19-20H2,1-3H3. The maximum Gasteiger partial charge on any atom is 0.0588 e. The Morgan fingerprint density at radius 1 is 1.00 bits per heavy atom. The van der Waals surface area contributed by atoms with Gasteiger partial charge in [-0.2, -0.15) is 0 Å². The molecule has 0 aliphatic rings. The van der Waals surface area contributed by atoms with Gasteiger partial charge in [-0.3, -0.25) is 0 Å². The molecule has 0 aromatic heterocycles. The number of unbranched alkanes of at least 4 members (excludes halogenated alkanes) is 4. The topological polar surface area (TPSA) is 61.3 Å². The monoisotopic (exact) mass is 300 g/mol. The normalized spacial score (nSPS) is 15.9. The Morgan fingerprint density at radius 2 is 1.67 bits per heavy atom. The minimum absolute atomic E-state index is 0.346. The molecule has 0 saturated carbocycles. The zero-order valence-electron chi connectivity index (χ0n) is 14.8. The van der Waals surface area contributed by atoms with Gasteiger partial charge in [0.15, 0.2) is 0 Å². The summed E-state index contributed by atoms with van der Waals surface area (Å²) < 4.78 is 5.82. The molecule has 0 aliphatic heterocycles. The fourth-order valence-electron chi connectivity index (χ4n) is 2.99. The molecule has 0 rings (SSSR count). The van der Waals surface area contributed by atoms with Crippen LogP contribution in [0, 0.1) is 5.41 Å². The van der Waals surface area contributed by atoms with Crippen LogP contribution in [0.2, 0.25) is 0 Å². The second-order valence-corrected chi connectivity index (χ2v) is 6.73. The van der Waals surface area contributed by atoms with Crippen LogP contribution >= 0.6 is 0 Å². The van der Waals surface area contributed by atoms with E-state index in [1.807, 2.05) is 0 Å². The first-order valence-corrected chi connectivity index (χ1v) is 9.13. The van der Waals surface area contributed by atoms with E-state index in [1.165, 1.54) is 57.8 Å². The first kappa shape index (κ1) is 20.9. The lowest BCUT2D eigenvalue weighted by Gasteiger charge is -2.33. The van der Waals surface area contributed by atoms with Crippen LogP contribution in [0.15, 0.2) is 0 Å². The first-order valence-electron chi connectivity index (χ1n) is 9.13. The molecule has 4 N–H and O–H groups in total. The average molecular weight is 301 g/mol. The molecular formula is C18H40N2O. The molecule has 0 amide bonds. The molecule has 0 spiro atoms. The van der Waals surface area contributed by atoms with Crippen molar-refractivity contribution in [2.45, 2.75) is 91.0 Å². The summed E-state index contributed by atoms with van der Waals surface area (Å²) >= 11 is 0. The second kappa shape index (κ2) is 13.5. The SMILES string of the molecule is CCCCCC(CC)(CCCCCC(C)N)COCCN. The maximum absolute atomic E-state index is 5.82. The molecule has 3 nitrogen and oxygen atoms in total. The fraction of sp³-hybridized carbons (Fsp3) is 1.00. The van der Waals surface area contributed by atoms with Crippen LogP contribution in [0.25, 0.3) is 0 Å². The Hall–Kier alpha value is -0.120. The van der Waals surface area contributed by atoms with Crippen LogP contribution in [0.3, 0.4) is 0 Å². The van der Waals surface area contributed by atoms with Crippen LogP contribution in [-0.4, -0.2) is 25.8 Å². The lowest BCUT2D eigenvalue weighted by molar-refractivity contribution is 0.0299. The summed E-state index contributed by atoms with van der Waals surface area (Å²) in [5.74, 6) is 0. The number of hydrogen-bond donors (Lipinski definition) is 2. The zero-order chi connectivity index (χ0) is 16.0. The smallest absolute Gasteiger partial charge is 0.0588 e. The lowest BCUT2D eigenvalue weighted by Crippen LogP contribution is -2.28. The quantitative estimate of drug-likeness (QED) is 0.445. The molecule has 2 atom stereocenters. The van der Waals surface area contributed by atoms with Gasteiger partial charge in [0.1, 0.15) is 0 Å². The van der Waals surface area contributed by atoms with Gasteiger partial charge < -0.3 is 16.2 Å². The van der Waals surface area contributed by atoms with E-state index in [-0.39, 0.29) is 0 Å². The van der Waals surface area contributed by atoms with E-state index in [2.05, 4.69) is 20.8 Å². The van der Waals surface area contributed by atoms with Gasteiger partial charge in [-0.25, -0.2) is 0 Å². The van der Waals surface area contributed by atoms with E-state index in [0.29, 0.717) is 24.6 Å². The Morgan fingerprint density at radius 3 is 2.19 bits per heavy atom. The minimum Gasteiger partial charge on any atom is -0.380 e. The van der Waals surface area contributed by atoms with Gasteiger partial charge in [-0.15, -0.1) is 0 Å². The van der Waals surface area contributed by atoms with Gasteiger partial charge >= 0.3 is 0 Å². The fourth-order valence-corrected chi connectivity index (χ4v) is 2.99. The largest absolute Gasteiger partial charge is 0.380 e. The molecule has 0 aromatic carbocycles. The molecule has 3 heteroatoms. The Balaban J connectivity index is 4.18. The van der Waals surface area contributed by atoms with Crippen molar-refractivity contribution in [2.75, 3.05) is 19.8 Å². The van der Waals surface area contributed by atoms with Crippen LogP contribution in [0.5, 0.6) is 0 Å². The minimum atomic E-state index is 0.346. The lowest BCUT2D eigenvalue weighted by atomic mass is 9.76. The van der Waals surface area contributed by atoms with Gasteiger partial charge in [0, 0.05) is 12.6 Å². The Bertz CT molecular complexity index is 209. The predicted octanol–water partition coefficient (Wildman–Crippen LogP) is 4.24. The maximum atomic E-state index is 5.82. The van der Waals surface area contributed by atoms with E-state index < -0.39 is 0 Å². The highest BCUT2D eigenvalue weighted by Crippen LogP contribution is 2.35. The van der Waals surface area contributed by atoms with Crippen molar-refractivity contribution in [3.05, 3.63) is 0 Å². The molecule has 21 heavy (non-hydrogen) atoms. The van der Waals surface area contributed by atoms with E-state index in [9.17, 15) is 0 Å². The molecule has 0 aliphatic carbocycles. The van der Waals surface area contributed by atoms with Crippen molar-refractivity contribution in [1.82, 2.24) is 0 Å².